The van der Waals surface area contributed by atoms with Gasteiger partial charge in [0.1, 0.15) is 13.2 Å². The maximum absolute atomic E-state index is 5.54. The molecule has 0 radical (unpaired) electrons. The fraction of sp³-hybridized carbons (Fsp3) is 0.500. The summed E-state index contributed by atoms with van der Waals surface area (Å²) < 4.78 is 16.4. The van der Waals surface area contributed by atoms with Gasteiger partial charge in [-0.25, -0.2) is 0 Å². The third-order valence-electron chi connectivity index (χ3n) is 2.61. The van der Waals surface area contributed by atoms with Crippen LogP contribution in [0.2, 0.25) is 0 Å². The zero-order chi connectivity index (χ0) is 11.4. The number of fused-ring (bicyclic) bond motifs is 1. The Morgan fingerprint density at radius 3 is 2.75 bits per heavy atom. The Labute approximate surface area is 95.5 Å². The van der Waals surface area contributed by atoms with E-state index in [-0.39, 0.29) is 6.10 Å². The molecule has 1 heterocycles. The zero-order valence-corrected chi connectivity index (χ0v) is 9.66. The highest BCUT2D eigenvalue weighted by Gasteiger charge is 2.15. The molecule has 1 N–H and O–H groups in total. The largest absolute Gasteiger partial charge is 0.486 e. The minimum atomic E-state index is 0.0424. The third-order valence-corrected chi connectivity index (χ3v) is 2.61. The van der Waals surface area contributed by atoms with Crippen LogP contribution in [0.25, 0.3) is 0 Å². The summed E-state index contributed by atoms with van der Waals surface area (Å²) in [6, 6.07) is 5.94. The molecule has 0 saturated heterocycles. The van der Waals surface area contributed by atoms with Gasteiger partial charge in [-0.05, 0) is 24.7 Å². The van der Waals surface area contributed by atoms with Crippen molar-refractivity contribution in [2.75, 3.05) is 33.9 Å². The van der Waals surface area contributed by atoms with Crippen molar-refractivity contribution in [2.24, 2.45) is 0 Å². The Hall–Kier alpha value is -1.26. The maximum Gasteiger partial charge on any atom is 0.161 e. The molecular formula is C12H17NO3. The second-order valence-electron chi connectivity index (χ2n) is 3.69. The number of hydrogen-bond donors (Lipinski definition) is 1. The molecule has 2 rings (SSSR count). The number of methoxy groups -OCH3 is 1. The highest BCUT2D eigenvalue weighted by Crippen LogP contribution is 2.33. The molecule has 4 nitrogen and oxygen atoms in total. The minimum Gasteiger partial charge on any atom is -0.486 e. The number of benzene rings is 1. The van der Waals surface area contributed by atoms with E-state index in [9.17, 15) is 0 Å². The van der Waals surface area contributed by atoms with Gasteiger partial charge in [0.15, 0.2) is 11.5 Å². The predicted octanol–water partition coefficient (Wildman–Crippen LogP) is 1.36. The minimum absolute atomic E-state index is 0.0424. The molecule has 1 aromatic carbocycles. The molecule has 0 fully saturated rings. The first-order chi connectivity index (χ1) is 7.85. The molecule has 0 saturated carbocycles. The quantitative estimate of drug-likeness (QED) is 0.836. The monoisotopic (exact) mass is 223 g/mol. The van der Waals surface area contributed by atoms with E-state index in [1.54, 1.807) is 7.11 Å². The second-order valence-corrected chi connectivity index (χ2v) is 3.69. The Balaban J connectivity index is 2.21. The van der Waals surface area contributed by atoms with Crippen molar-refractivity contribution in [3.8, 4) is 11.5 Å². The van der Waals surface area contributed by atoms with Crippen LogP contribution < -0.4 is 14.8 Å². The van der Waals surface area contributed by atoms with Crippen molar-refractivity contribution >= 4 is 0 Å². The Morgan fingerprint density at radius 2 is 2.06 bits per heavy atom. The number of nitrogens with one attached hydrogen (secondary N) is 1. The molecule has 0 amide bonds. The normalized spacial score (nSPS) is 15.9. The van der Waals surface area contributed by atoms with Crippen LogP contribution >= 0.6 is 0 Å². The maximum atomic E-state index is 5.54. The first kappa shape index (κ1) is 11.2. The number of rotatable bonds is 4. The predicted molar refractivity (Wildman–Crippen MR) is 61.1 cm³/mol. The topological polar surface area (TPSA) is 39.7 Å². The smallest absolute Gasteiger partial charge is 0.161 e. The lowest BCUT2D eigenvalue weighted by molar-refractivity contribution is 0.103. The Kier molecular flexibility index (Phi) is 3.64. The standard InChI is InChI=1S/C12H17NO3/c1-13-8-12(14-2)9-3-4-10-11(7-9)16-6-5-15-10/h3-4,7,12-13H,5-6,8H2,1-2H3. The van der Waals surface area contributed by atoms with Gasteiger partial charge in [-0.2, -0.15) is 0 Å². The van der Waals surface area contributed by atoms with Crippen molar-refractivity contribution in [1.82, 2.24) is 5.32 Å². The van der Waals surface area contributed by atoms with Crippen LogP contribution in [0.3, 0.4) is 0 Å². The summed E-state index contributed by atoms with van der Waals surface area (Å²) in [4.78, 5) is 0. The fourth-order valence-electron chi connectivity index (χ4n) is 1.78. The van der Waals surface area contributed by atoms with Crippen LogP contribution in [0.15, 0.2) is 18.2 Å². The van der Waals surface area contributed by atoms with Crippen LogP contribution in [0, 0.1) is 0 Å². The lowest BCUT2D eigenvalue weighted by Gasteiger charge is -2.21. The number of hydrogen-bond acceptors (Lipinski definition) is 4. The van der Waals surface area contributed by atoms with Crippen LogP contribution in [-0.2, 0) is 4.74 Å². The first-order valence-corrected chi connectivity index (χ1v) is 5.42. The zero-order valence-electron chi connectivity index (χ0n) is 9.66. The molecule has 0 aromatic heterocycles. The number of likely N-dealkylation sites (N-methyl/N-ethyl adjacent to an activating group) is 1. The summed E-state index contributed by atoms with van der Waals surface area (Å²) in [5.41, 5.74) is 1.10. The van der Waals surface area contributed by atoms with E-state index in [1.165, 1.54) is 0 Å². The molecule has 1 atom stereocenters. The highest BCUT2D eigenvalue weighted by atomic mass is 16.6. The van der Waals surface area contributed by atoms with E-state index >= 15 is 0 Å². The van der Waals surface area contributed by atoms with Crippen molar-refractivity contribution < 1.29 is 14.2 Å². The molecule has 1 aliphatic rings. The molecule has 0 bridgehead atoms. The van der Waals surface area contributed by atoms with Crippen molar-refractivity contribution in [1.29, 1.82) is 0 Å². The van der Waals surface area contributed by atoms with Crippen LogP contribution in [0.5, 0.6) is 11.5 Å². The molecule has 4 heteroatoms. The summed E-state index contributed by atoms with van der Waals surface area (Å²) in [6.07, 6.45) is 0.0424. The second kappa shape index (κ2) is 5.18. The molecular weight excluding hydrogens is 206 g/mol. The Bertz CT molecular complexity index is 354. The van der Waals surface area contributed by atoms with Gasteiger partial charge in [0.2, 0.25) is 0 Å². The van der Waals surface area contributed by atoms with Gasteiger partial charge >= 0.3 is 0 Å². The molecule has 0 aliphatic carbocycles. The van der Waals surface area contributed by atoms with Gasteiger partial charge < -0.3 is 19.5 Å². The lowest BCUT2D eigenvalue weighted by atomic mass is 10.1. The van der Waals surface area contributed by atoms with E-state index in [2.05, 4.69) is 5.32 Å². The lowest BCUT2D eigenvalue weighted by Crippen LogP contribution is -2.19. The van der Waals surface area contributed by atoms with Gasteiger partial charge in [0.05, 0.1) is 6.10 Å². The first-order valence-electron chi connectivity index (χ1n) is 5.42. The SMILES string of the molecule is CNCC(OC)c1ccc2c(c1)OCCO2. The summed E-state index contributed by atoms with van der Waals surface area (Å²) in [7, 11) is 3.61. The average molecular weight is 223 g/mol. The van der Waals surface area contributed by atoms with Gasteiger partial charge in [-0.1, -0.05) is 6.07 Å². The summed E-state index contributed by atoms with van der Waals surface area (Å²) in [6.45, 7) is 2.01. The van der Waals surface area contributed by atoms with Crippen LogP contribution in [-0.4, -0.2) is 33.9 Å². The molecule has 88 valence electrons. The summed E-state index contributed by atoms with van der Waals surface area (Å²) in [5, 5.41) is 3.10. The van der Waals surface area contributed by atoms with Crippen molar-refractivity contribution in [3.05, 3.63) is 23.8 Å². The van der Waals surface area contributed by atoms with E-state index in [0.29, 0.717) is 13.2 Å². The molecule has 16 heavy (non-hydrogen) atoms. The third kappa shape index (κ3) is 2.28. The van der Waals surface area contributed by atoms with Crippen LogP contribution in [0.4, 0.5) is 0 Å². The molecule has 1 unspecified atom stereocenters. The van der Waals surface area contributed by atoms with Crippen LogP contribution in [0.1, 0.15) is 11.7 Å². The van der Waals surface area contributed by atoms with Crippen molar-refractivity contribution in [2.45, 2.75) is 6.10 Å². The Morgan fingerprint density at radius 1 is 1.31 bits per heavy atom. The van der Waals surface area contributed by atoms with Gasteiger partial charge in [0.25, 0.3) is 0 Å². The fourth-order valence-corrected chi connectivity index (χ4v) is 1.78. The summed E-state index contributed by atoms with van der Waals surface area (Å²) in [5.74, 6) is 1.62. The molecule has 1 aliphatic heterocycles. The summed E-state index contributed by atoms with van der Waals surface area (Å²) >= 11 is 0. The average Bonchev–Trinajstić information content (AvgIpc) is 2.35. The van der Waals surface area contributed by atoms with Gasteiger partial charge in [-0.15, -0.1) is 0 Å². The van der Waals surface area contributed by atoms with E-state index in [1.807, 2.05) is 25.2 Å². The van der Waals surface area contributed by atoms with Gasteiger partial charge in [-0.3, -0.25) is 0 Å². The number of ether oxygens (including phenoxy) is 3. The molecule has 0 spiro atoms. The molecule has 1 aromatic rings. The van der Waals surface area contributed by atoms with E-state index in [4.69, 9.17) is 14.2 Å². The highest BCUT2D eigenvalue weighted by molar-refractivity contribution is 5.44. The van der Waals surface area contributed by atoms with E-state index in [0.717, 1.165) is 23.6 Å². The van der Waals surface area contributed by atoms with E-state index < -0.39 is 0 Å². The van der Waals surface area contributed by atoms with Gasteiger partial charge in [0, 0.05) is 13.7 Å². The van der Waals surface area contributed by atoms with Crippen molar-refractivity contribution in [3.63, 3.8) is 0 Å².